The van der Waals surface area contributed by atoms with Gasteiger partial charge >= 0.3 is 17.4 Å². The van der Waals surface area contributed by atoms with Gasteiger partial charge in [-0.1, -0.05) is 0 Å². The molecule has 0 amide bonds. The minimum atomic E-state index is 0. The van der Waals surface area contributed by atoms with Gasteiger partial charge in [0.05, 0.1) is 11.9 Å². The molecule has 0 atom stereocenters. The summed E-state index contributed by atoms with van der Waals surface area (Å²) in [5.41, 5.74) is 0. The van der Waals surface area contributed by atoms with Gasteiger partial charge in [0.1, 0.15) is 0 Å². The molecule has 0 spiro atoms. The van der Waals surface area contributed by atoms with Crippen LogP contribution in [-0.4, -0.2) is 54.9 Å². The molecule has 62 valence electrons. The van der Waals surface area contributed by atoms with Crippen molar-refractivity contribution in [2.45, 2.75) is 0 Å². The Hall–Kier alpha value is 0.542. The summed E-state index contributed by atoms with van der Waals surface area (Å²) in [6.45, 7) is 0. The molecule has 0 unspecified atom stereocenters. The van der Waals surface area contributed by atoms with Gasteiger partial charge in [-0.15, -0.1) is 0 Å². The van der Waals surface area contributed by atoms with Crippen LogP contribution in [0, 0.1) is 0 Å². The molecule has 9 heavy (non-hydrogen) atoms. The van der Waals surface area contributed by atoms with Crippen LogP contribution in [0.1, 0.15) is 0 Å². The van der Waals surface area contributed by atoms with Crippen molar-refractivity contribution in [3.63, 3.8) is 0 Å². The van der Waals surface area contributed by atoms with Crippen molar-refractivity contribution in [1.82, 2.24) is 0 Å². The number of halogens is 1. The molecule has 0 aromatic carbocycles. The van der Waals surface area contributed by atoms with E-state index >= 15 is 0 Å². The van der Waals surface area contributed by atoms with Gasteiger partial charge in [-0.2, -0.15) is 0 Å². The summed E-state index contributed by atoms with van der Waals surface area (Å²) in [5.74, 6) is 0. The maximum absolute atomic E-state index is 6.47. The minimum Gasteiger partial charge on any atom is -0.412 e. The van der Waals surface area contributed by atoms with Crippen molar-refractivity contribution in [3.8, 4) is 0 Å². The molecule has 7 nitrogen and oxygen atoms in total. The predicted octanol–water partition coefficient (Wildman–Crippen LogP) is -5.20. The Morgan fingerprint density at radius 1 is 0.556 bits per heavy atom. The van der Waals surface area contributed by atoms with Gasteiger partial charge in [0, 0.05) is 0 Å². The first kappa shape index (κ1) is 293. The van der Waals surface area contributed by atoms with Crippen LogP contribution >= 0.6 is 11.9 Å². The number of hydrogen-bond donors (Lipinski definition) is 1. The van der Waals surface area contributed by atoms with E-state index in [1.807, 2.05) is 0 Å². The summed E-state index contributed by atoms with van der Waals surface area (Å²) >= 11 is 3.64. The molecule has 9 heteroatoms. The Morgan fingerprint density at radius 2 is 0.556 bits per heavy atom. The van der Waals surface area contributed by atoms with E-state index in [1.165, 1.54) is 0 Å². The third kappa shape index (κ3) is 1240. The molecule has 0 radical (unpaired) electrons. The predicted molar refractivity (Wildman–Crippen MR) is 35.5 cm³/mol. The van der Waals surface area contributed by atoms with E-state index in [1.54, 1.807) is 0 Å². The van der Waals surface area contributed by atoms with Gasteiger partial charge < -0.3 is 32.9 Å². The summed E-state index contributed by atoms with van der Waals surface area (Å²) in [5, 5.41) is 0. The van der Waals surface area contributed by atoms with Gasteiger partial charge in [0.2, 0.25) is 0 Å². The Labute approximate surface area is 67.4 Å². The zero-order valence-corrected chi connectivity index (χ0v) is 6.31. The summed E-state index contributed by atoms with van der Waals surface area (Å²) in [6, 6.07) is 0. The average molecular weight is 188 g/mol. The van der Waals surface area contributed by atoms with Gasteiger partial charge in [-0.05, 0) is 0 Å². The molecule has 0 aromatic rings. The van der Waals surface area contributed by atoms with Crippen LogP contribution in [0.3, 0.4) is 0 Å². The van der Waals surface area contributed by atoms with Crippen molar-refractivity contribution in [1.29, 1.82) is 0 Å². The Bertz CT molecular complexity index is 8.88. The molecular weight excluding hydrogens is 174 g/mol. The first-order valence-corrected chi connectivity index (χ1v) is 0.507. The second-order valence-electron chi connectivity index (χ2n) is 0. The largest absolute Gasteiger partial charge is 3.00 e. The SMILES string of the molecule is O.O.O.O.O.O.OCl.[Al+3]. The van der Waals surface area contributed by atoms with Crippen LogP contribution in [-0.2, 0) is 0 Å². The van der Waals surface area contributed by atoms with Crippen molar-refractivity contribution in [2.75, 3.05) is 0 Å². The molecule has 0 aliphatic carbocycles. The van der Waals surface area contributed by atoms with Crippen molar-refractivity contribution in [3.05, 3.63) is 0 Å². The second kappa shape index (κ2) is 1650. The standard InChI is InChI=1S/Al.ClHO.6H2O/c;1-2;;;;;;/h;2H;6*1H2/q+3;;;;;;;. The minimum absolute atomic E-state index is 0. The number of rotatable bonds is 0. The van der Waals surface area contributed by atoms with E-state index in [9.17, 15) is 0 Å². The molecule has 0 bridgehead atoms. The van der Waals surface area contributed by atoms with E-state index in [2.05, 4.69) is 11.9 Å². The fraction of sp³-hybridized carbons (Fsp3) is 0. The molecule has 0 aromatic heterocycles. The second-order valence-corrected chi connectivity index (χ2v) is 0. The van der Waals surface area contributed by atoms with Crippen molar-refractivity contribution < 1.29 is 37.5 Å². The van der Waals surface area contributed by atoms with Crippen LogP contribution in [0.15, 0.2) is 0 Å². The first-order chi connectivity index (χ1) is 1.00. The summed E-state index contributed by atoms with van der Waals surface area (Å²) in [4.78, 5) is 0. The zero-order valence-electron chi connectivity index (χ0n) is 4.40. The van der Waals surface area contributed by atoms with Crippen LogP contribution in [0.4, 0.5) is 0 Å². The third-order valence-corrected chi connectivity index (χ3v) is 0. The van der Waals surface area contributed by atoms with Crippen LogP contribution < -0.4 is 0 Å². The Balaban J connectivity index is -0.000000000238. The molecule has 0 heterocycles. The molecule has 0 aliphatic rings. The quantitative estimate of drug-likeness (QED) is 0.362. The summed E-state index contributed by atoms with van der Waals surface area (Å²) in [6.07, 6.45) is 0. The Morgan fingerprint density at radius 3 is 0.556 bits per heavy atom. The molecule has 0 aliphatic heterocycles. The maximum Gasteiger partial charge on any atom is 3.00 e. The van der Waals surface area contributed by atoms with E-state index in [4.69, 9.17) is 4.66 Å². The third-order valence-electron chi connectivity index (χ3n) is 0. The van der Waals surface area contributed by atoms with Gasteiger partial charge in [-0.3, -0.25) is 4.66 Å². The van der Waals surface area contributed by atoms with Crippen LogP contribution in [0.5, 0.6) is 0 Å². The molecule has 0 saturated heterocycles. The zero-order chi connectivity index (χ0) is 2.00. The van der Waals surface area contributed by atoms with E-state index in [0.717, 1.165) is 0 Å². The molecular formula is H13AlClO7+3. The monoisotopic (exact) mass is 187 g/mol. The fourth-order valence-electron chi connectivity index (χ4n) is 0. The normalized spacial score (nSPS) is 0.667. The van der Waals surface area contributed by atoms with Crippen molar-refractivity contribution >= 4 is 29.2 Å². The molecule has 0 rings (SSSR count). The topological polar surface area (TPSA) is 209 Å². The van der Waals surface area contributed by atoms with Gasteiger partial charge in [0.15, 0.2) is 0 Å². The van der Waals surface area contributed by atoms with E-state index in [0.29, 0.717) is 0 Å². The van der Waals surface area contributed by atoms with E-state index < -0.39 is 0 Å². The number of hydrogen-bond acceptors (Lipinski definition) is 1. The van der Waals surface area contributed by atoms with Gasteiger partial charge in [-0.25, -0.2) is 0 Å². The van der Waals surface area contributed by atoms with Crippen LogP contribution in [0.2, 0.25) is 0 Å². The maximum atomic E-state index is 6.47. The van der Waals surface area contributed by atoms with Crippen LogP contribution in [0.25, 0.3) is 0 Å². The average Bonchev–Trinajstić information content (AvgIpc) is 1.00. The summed E-state index contributed by atoms with van der Waals surface area (Å²) in [7, 11) is 0. The molecule has 13 N–H and O–H groups in total. The first-order valence-electron chi connectivity index (χ1n) is 0.169. The summed E-state index contributed by atoms with van der Waals surface area (Å²) < 4.78 is 6.47. The molecule has 0 fully saturated rings. The Kier molecular flexibility index (Phi) is 53700. The van der Waals surface area contributed by atoms with E-state index in [-0.39, 0.29) is 50.2 Å². The van der Waals surface area contributed by atoms with Gasteiger partial charge in [0.25, 0.3) is 0 Å². The molecule has 0 saturated carbocycles. The smallest absolute Gasteiger partial charge is 0.412 e. The van der Waals surface area contributed by atoms with Crippen molar-refractivity contribution in [2.24, 2.45) is 0 Å². The fourth-order valence-corrected chi connectivity index (χ4v) is 0.